The average Bonchev–Trinajstić information content (AvgIpc) is 3.01. The SMILES string of the molecule is COC(=O)[C@H](C[Se][Se]C[C@H](NC(=O)C(OC)(c1ccccc1)C(F)(F)F)C(=O)OC)NC(=O)C(OC)(c1ccccc1)C(F)(F)F. The van der Waals surface area contributed by atoms with Gasteiger partial charge in [0.25, 0.3) is 0 Å². The van der Waals surface area contributed by atoms with Gasteiger partial charge in [-0.25, -0.2) is 0 Å². The van der Waals surface area contributed by atoms with Crippen LogP contribution in [0.5, 0.6) is 0 Å². The van der Waals surface area contributed by atoms with Crippen molar-refractivity contribution >= 4 is 50.0 Å². The number of ether oxygens (including phenoxy) is 4. The minimum atomic E-state index is -5.25. The van der Waals surface area contributed by atoms with Crippen molar-refractivity contribution in [3.8, 4) is 0 Å². The number of esters is 2. The maximum atomic E-state index is 14.3. The van der Waals surface area contributed by atoms with Gasteiger partial charge in [0.1, 0.15) is 0 Å². The second-order valence-electron chi connectivity index (χ2n) is 9.17. The van der Waals surface area contributed by atoms with Crippen LogP contribution < -0.4 is 10.6 Å². The Bertz CT molecular complexity index is 1240. The van der Waals surface area contributed by atoms with E-state index in [1.54, 1.807) is 0 Å². The molecular weight excluding hydrogens is 764 g/mol. The van der Waals surface area contributed by atoms with Gasteiger partial charge >= 0.3 is 272 Å². The number of hydrogen-bond donors (Lipinski definition) is 2. The van der Waals surface area contributed by atoms with Gasteiger partial charge in [-0.05, 0) is 0 Å². The first kappa shape index (κ1) is 39.0. The van der Waals surface area contributed by atoms with E-state index in [4.69, 9.17) is 9.47 Å². The third-order valence-corrected chi connectivity index (χ3v) is 13.6. The van der Waals surface area contributed by atoms with E-state index >= 15 is 0 Å². The molecule has 2 rings (SSSR count). The first-order chi connectivity index (χ1) is 21.6. The molecule has 0 saturated heterocycles. The van der Waals surface area contributed by atoms with Crippen LogP contribution in [0.3, 0.4) is 0 Å². The summed E-state index contributed by atoms with van der Waals surface area (Å²) in [6.07, 6.45) is -10.5. The van der Waals surface area contributed by atoms with Crippen molar-refractivity contribution in [2.45, 2.75) is 46.3 Å². The summed E-state index contributed by atoms with van der Waals surface area (Å²) in [5.41, 5.74) is -8.02. The number of benzene rings is 2. The first-order valence-electron chi connectivity index (χ1n) is 12.9. The van der Waals surface area contributed by atoms with Gasteiger partial charge in [0.2, 0.25) is 0 Å². The molecule has 46 heavy (non-hydrogen) atoms. The summed E-state index contributed by atoms with van der Waals surface area (Å²) in [5.74, 6) is -5.50. The summed E-state index contributed by atoms with van der Waals surface area (Å²) in [6.45, 7) is 0. The predicted molar refractivity (Wildman–Crippen MR) is 151 cm³/mol. The third kappa shape index (κ3) is 8.41. The van der Waals surface area contributed by atoms with Crippen molar-refractivity contribution in [2.24, 2.45) is 0 Å². The number of carbonyl (C=O) groups excluding carboxylic acids is 4. The van der Waals surface area contributed by atoms with Crippen molar-refractivity contribution in [3.05, 3.63) is 71.8 Å². The van der Waals surface area contributed by atoms with Crippen molar-refractivity contribution in [3.63, 3.8) is 0 Å². The number of halogens is 6. The molecule has 254 valence electrons. The van der Waals surface area contributed by atoms with E-state index in [1.165, 1.54) is 36.4 Å². The number of methoxy groups -OCH3 is 4. The molecule has 2 amide bonds. The molecule has 0 saturated carbocycles. The molecule has 0 aliphatic rings. The van der Waals surface area contributed by atoms with Crippen LogP contribution in [0.15, 0.2) is 60.7 Å². The second kappa shape index (κ2) is 16.6. The molecule has 2 N–H and O–H groups in total. The Hall–Kier alpha value is -3.14. The number of carbonyl (C=O) groups is 4. The Morgan fingerprint density at radius 2 is 0.913 bits per heavy atom. The molecular formula is C28H30F6N2O8Se2. The van der Waals surface area contributed by atoms with Crippen molar-refractivity contribution < 1.29 is 64.5 Å². The molecule has 0 bridgehead atoms. The zero-order chi connectivity index (χ0) is 34.8. The monoisotopic (exact) mass is 796 g/mol. The Labute approximate surface area is 271 Å². The summed E-state index contributed by atoms with van der Waals surface area (Å²) in [5, 5.41) is 3.63. The Morgan fingerprint density at radius 3 is 1.15 bits per heavy atom. The van der Waals surface area contributed by atoms with Crippen LogP contribution in [0.1, 0.15) is 11.1 Å². The second-order valence-corrected chi connectivity index (χ2v) is 16.7. The van der Waals surface area contributed by atoms with Crippen LogP contribution in [-0.4, -0.2) is 103 Å². The van der Waals surface area contributed by atoms with Crippen LogP contribution in [0, 0.1) is 0 Å². The zero-order valence-electron chi connectivity index (χ0n) is 24.7. The van der Waals surface area contributed by atoms with Crippen LogP contribution in [0.4, 0.5) is 26.3 Å². The number of nitrogens with one attached hydrogen (secondary N) is 2. The van der Waals surface area contributed by atoms with E-state index in [0.717, 1.165) is 38.5 Å². The fraction of sp³-hybridized carbons (Fsp3) is 0.429. The molecule has 2 aromatic rings. The first-order valence-corrected chi connectivity index (χ1v) is 19.7. The molecule has 0 heterocycles. The van der Waals surface area contributed by atoms with Crippen LogP contribution in [-0.2, 0) is 49.3 Å². The van der Waals surface area contributed by atoms with Gasteiger partial charge in [-0.1, -0.05) is 0 Å². The zero-order valence-corrected chi connectivity index (χ0v) is 28.1. The van der Waals surface area contributed by atoms with E-state index in [0.29, 0.717) is 14.2 Å². The van der Waals surface area contributed by atoms with Gasteiger partial charge in [-0.2, -0.15) is 0 Å². The maximum absolute atomic E-state index is 14.3. The Kier molecular flexibility index (Phi) is 14.1. The molecule has 0 radical (unpaired) electrons. The van der Waals surface area contributed by atoms with E-state index in [2.05, 4.69) is 9.47 Å². The molecule has 10 nitrogen and oxygen atoms in total. The molecule has 0 spiro atoms. The van der Waals surface area contributed by atoms with Crippen molar-refractivity contribution in [2.75, 3.05) is 28.4 Å². The Morgan fingerprint density at radius 1 is 0.609 bits per heavy atom. The van der Waals surface area contributed by atoms with Crippen LogP contribution >= 0.6 is 0 Å². The fourth-order valence-corrected chi connectivity index (χ4v) is 11.2. The molecule has 0 aliphatic carbocycles. The molecule has 2 unspecified atom stereocenters. The minimum absolute atomic E-state index is 0.228. The molecule has 2 aromatic carbocycles. The molecule has 0 aliphatic heterocycles. The van der Waals surface area contributed by atoms with E-state index in [1.807, 2.05) is 10.6 Å². The van der Waals surface area contributed by atoms with Crippen molar-refractivity contribution in [1.82, 2.24) is 10.6 Å². The number of hydrogen-bond acceptors (Lipinski definition) is 8. The van der Waals surface area contributed by atoms with Gasteiger partial charge in [-0.15, -0.1) is 0 Å². The number of alkyl halides is 6. The quantitative estimate of drug-likeness (QED) is 0.122. The van der Waals surface area contributed by atoms with E-state index in [9.17, 15) is 45.5 Å². The van der Waals surface area contributed by atoms with Gasteiger partial charge in [0, 0.05) is 0 Å². The summed E-state index contributed by atoms with van der Waals surface area (Å²) >= 11 is -1.36. The molecule has 0 aromatic heterocycles. The standard InChI is InChI=1S/C28H30F6N2O8Se2/c1-41-21(37)19(35-23(39)25(43-3,27(29,30)31)17-11-7-5-8-12-17)15-45-46-16-20(22(38)42-2)36-24(40)26(44-4,28(32,33)34)18-13-9-6-10-14-18/h5-14,19-20H,15-16H2,1-4H3,(H,35,39)(H,36,40)/t19-,20-,25?,26?/m0/s1. The average molecular weight is 794 g/mol. The van der Waals surface area contributed by atoms with E-state index < -0.39 is 96.8 Å². The number of amides is 2. The summed E-state index contributed by atoms with van der Waals surface area (Å²) in [7, 11) is 3.30. The Balaban J connectivity index is 2.24. The van der Waals surface area contributed by atoms with E-state index in [-0.39, 0.29) is 10.6 Å². The summed E-state index contributed by atoms with van der Waals surface area (Å²) in [4.78, 5) is 51.2. The van der Waals surface area contributed by atoms with Crippen LogP contribution in [0.25, 0.3) is 0 Å². The topological polar surface area (TPSA) is 129 Å². The van der Waals surface area contributed by atoms with Gasteiger partial charge in [-0.3, -0.25) is 0 Å². The third-order valence-electron chi connectivity index (χ3n) is 6.55. The van der Waals surface area contributed by atoms with Crippen LogP contribution in [0.2, 0.25) is 10.6 Å². The van der Waals surface area contributed by atoms with Gasteiger partial charge in [0.15, 0.2) is 0 Å². The van der Waals surface area contributed by atoms with Gasteiger partial charge in [0.05, 0.1) is 0 Å². The molecule has 0 fully saturated rings. The van der Waals surface area contributed by atoms with Crippen molar-refractivity contribution in [1.29, 1.82) is 0 Å². The molecule has 18 heteroatoms. The summed E-state index contributed by atoms with van der Waals surface area (Å²) < 4.78 is 105. The fourth-order valence-electron chi connectivity index (χ4n) is 4.22. The normalized spacial score (nSPS) is 15.8. The number of rotatable bonds is 15. The van der Waals surface area contributed by atoms with Gasteiger partial charge < -0.3 is 0 Å². The predicted octanol–water partition coefficient (Wildman–Crippen LogP) is 2.67. The molecule has 4 atom stereocenters. The summed E-state index contributed by atoms with van der Waals surface area (Å²) in [6, 6.07) is 8.94.